The summed E-state index contributed by atoms with van der Waals surface area (Å²) in [4.78, 5) is 17.6. The molecule has 0 unspecified atom stereocenters. The second-order valence-electron chi connectivity index (χ2n) is 10.0. The summed E-state index contributed by atoms with van der Waals surface area (Å²) < 4.78 is 16.9. The number of carbonyl (C=O) groups excluding carboxylic acids is 1. The van der Waals surface area contributed by atoms with Crippen LogP contribution in [0.25, 0.3) is 11.3 Å². The standard InChI is InChI=1S/C30H37N3O4S/c1-35-28-12-9-23(21-5-3-2-4-6-21)19-26(28)27-20-38-30(32-27)33-29(34)22-7-10-25(11-8-22)37-18-15-31-24-13-16-36-17-14-24/h7-12,19-21,24,31H,2-6,13-18H2,1H3,(H,32,33,34). The summed E-state index contributed by atoms with van der Waals surface area (Å²) >= 11 is 1.42. The van der Waals surface area contributed by atoms with E-state index in [1.165, 1.54) is 49.0 Å². The number of thiazole rings is 1. The summed E-state index contributed by atoms with van der Waals surface area (Å²) in [7, 11) is 1.68. The van der Waals surface area contributed by atoms with E-state index in [0.29, 0.717) is 29.3 Å². The molecule has 0 spiro atoms. The molecule has 0 atom stereocenters. The van der Waals surface area contributed by atoms with Crippen LogP contribution in [0.4, 0.5) is 5.13 Å². The average molecular weight is 536 g/mol. The zero-order valence-corrected chi connectivity index (χ0v) is 22.9. The van der Waals surface area contributed by atoms with Gasteiger partial charge in [0.15, 0.2) is 5.13 Å². The summed E-state index contributed by atoms with van der Waals surface area (Å²) in [6, 6.07) is 14.2. The van der Waals surface area contributed by atoms with E-state index >= 15 is 0 Å². The van der Waals surface area contributed by atoms with E-state index in [2.05, 4.69) is 22.8 Å². The second kappa shape index (κ2) is 13.2. The van der Waals surface area contributed by atoms with E-state index in [0.717, 1.165) is 55.4 Å². The highest BCUT2D eigenvalue weighted by Crippen LogP contribution is 2.38. The van der Waals surface area contributed by atoms with E-state index in [4.69, 9.17) is 19.2 Å². The number of aromatic nitrogens is 1. The molecule has 0 bridgehead atoms. The quantitative estimate of drug-likeness (QED) is 0.298. The first-order valence-corrected chi connectivity index (χ1v) is 14.6. The van der Waals surface area contributed by atoms with Crippen LogP contribution in [-0.2, 0) is 4.74 Å². The van der Waals surface area contributed by atoms with Crippen molar-refractivity contribution in [2.75, 3.05) is 38.8 Å². The maximum atomic E-state index is 12.9. The molecule has 3 aromatic rings. The van der Waals surface area contributed by atoms with Crippen molar-refractivity contribution in [2.45, 2.75) is 56.9 Å². The second-order valence-corrected chi connectivity index (χ2v) is 10.9. The van der Waals surface area contributed by atoms with Crippen LogP contribution in [0.2, 0.25) is 0 Å². The SMILES string of the molecule is COc1ccc(C2CCCCC2)cc1-c1csc(NC(=O)c2ccc(OCCNC3CCOCC3)cc2)n1. The van der Waals surface area contributed by atoms with Crippen LogP contribution < -0.4 is 20.1 Å². The van der Waals surface area contributed by atoms with Crippen LogP contribution in [0.15, 0.2) is 47.8 Å². The Kier molecular flexibility index (Phi) is 9.28. The van der Waals surface area contributed by atoms with Crippen LogP contribution in [0.5, 0.6) is 11.5 Å². The number of ether oxygens (including phenoxy) is 3. The van der Waals surface area contributed by atoms with E-state index in [9.17, 15) is 4.79 Å². The fourth-order valence-electron chi connectivity index (χ4n) is 5.28. The molecule has 2 N–H and O–H groups in total. The number of hydrogen-bond donors (Lipinski definition) is 2. The fourth-order valence-corrected chi connectivity index (χ4v) is 5.98. The number of rotatable bonds is 10. The van der Waals surface area contributed by atoms with Crippen LogP contribution >= 0.6 is 11.3 Å². The molecule has 2 aliphatic rings. The van der Waals surface area contributed by atoms with Crippen molar-refractivity contribution in [3.05, 3.63) is 59.0 Å². The molecule has 7 nitrogen and oxygen atoms in total. The Morgan fingerprint density at radius 2 is 1.84 bits per heavy atom. The molecular formula is C30H37N3O4S. The van der Waals surface area contributed by atoms with Crippen molar-refractivity contribution in [3.63, 3.8) is 0 Å². The summed E-state index contributed by atoms with van der Waals surface area (Å²) in [6.07, 6.45) is 8.48. The number of hydrogen-bond acceptors (Lipinski definition) is 7. The number of carbonyl (C=O) groups is 1. The van der Waals surface area contributed by atoms with Crippen molar-refractivity contribution in [2.24, 2.45) is 0 Å². The third-order valence-corrected chi connectivity index (χ3v) is 8.20. The van der Waals surface area contributed by atoms with Crippen LogP contribution in [0, 0.1) is 0 Å². The van der Waals surface area contributed by atoms with Gasteiger partial charge in [0.05, 0.1) is 12.8 Å². The summed E-state index contributed by atoms with van der Waals surface area (Å²) in [5.41, 5.74) is 3.70. The van der Waals surface area contributed by atoms with Crippen molar-refractivity contribution >= 4 is 22.4 Å². The molecule has 38 heavy (non-hydrogen) atoms. The van der Waals surface area contributed by atoms with Crippen LogP contribution in [0.3, 0.4) is 0 Å². The Morgan fingerprint density at radius 1 is 1.05 bits per heavy atom. The highest BCUT2D eigenvalue weighted by molar-refractivity contribution is 7.14. The molecular weight excluding hydrogens is 498 g/mol. The molecule has 2 heterocycles. The zero-order valence-electron chi connectivity index (χ0n) is 22.0. The largest absolute Gasteiger partial charge is 0.496 e. The maximum absolute atomic E-state index is 12.9. The predicted molar refractivity (Wildman–Crippen MR) is 152 cm³/mol. The van der Waals surface area contributed by atoms with Gasteiger partial charge in [-0.2, -0.15) is 0 Å². The number of nitrogens with one attached hydrogen (secondary N) is 2. The minimum atomic E-state index is -0.193. The van der Waals surface area contributed by atoms with E-state index in [-0.39, 0.29) is 5.91 Å². The summed E-state index contributed by atoms with van der Waals surface area (Å²) in [5.74, 6) is 1.95. The first-order chi connectivity index (χ1) is 18.7. The monoisotopic (exact) mass is 535 g/mol. The van der Waals surface area contributed by atoms with Gasteiger partial charge in [-0.3, -0.25) is 10.1 Å². The topological polar surface area (TPSA) is 81.7 Å². The third-order valence-electron chi connectivity index (χ3n) is 7.44. The van der Waals surface area contributed by atoms with Crippen molar-refractivity contribution in [3.8, 4) is 22.8 Å². The molecule has 1 amide bonds. The van der Waals surface area contributed by atoms with Gasteiger partial charge in [0.1, 0.15) is 18.1 Å². The molecule has 1 saturated heterocycles. The molecule has 0 radical (unpaired) electrons. The molecule has 1 aromatic heterocycles. The third kappa shape index (κ3) is 6.92. The predicted octanol–water partition coefficient (Wildman–Crippen LogP) is 6.27. The number of nitrogens with zero attached hydrogens (tertiary/aromatic N) is 1. The maximum Gasteiger partial charge on any atom is 0.257 e. The van der Waals surface area contributed by atoms with Crippen LogP contribution in [-0.4, -0.2) is 50.4 Å². The lowest BCUT2D eigenvalue weighted by Gasteiger charge is -2.23. The highest BCUT2D eigenvalue weighted by atomic mass is 32.1. The van der Waals surface area contributed by atoms with Crippen LogP contribution in [0.1, 0.15) is 66.8 Å². The molecule has 202 valence electrons. The van der Waals surface area contributed by atoms with Gasteiger partial charge >= 0.3 is 0 Å². The van der Waals surface area contributed by atoms with Gasteiger partial charge in [-0.05, 0) is 73.6 Å². The molecule has 1 aliphatic carbocycles. The van der Waals surface area contributed by atoms with E-state index in [1.807, 2.05) is 23.6 Å². The number of anilines is 1. The number of methoxy groups -OCH3 is 1. The van der Waals surface area contributed by atoms with Gasteiger partial charge in [0.25, 0.3) is 5.91 Å². The first kappa shape index (κ1) is 26.7. The molecule has 8 heteroatoms. The van der Waals surface area contributed by atoms with Gasteiger partial charge < -0.3 is 19.5 Å². The fraction of sp³-hybridized carbons (Fsp3) is 0.467. The summed E-state index contributed by atoms with van der Waals surface area (Å²) in [5, 5.41) is 8.99. The van der Waals surface area contributed by atoms with Gasteiger partial charge in [-0.1, -0.05) is 25.3 Å². The molecule has 2 aromatic carbocycles. The molecule has 1 saturated carbocycles. The lowest BCUT2D eigenvalue weighted by molar-refractivity contribution is 0.0770. The normalized spacial score (nSPS) is 16.8. The van der Waals surface area contributed by atoms with E-state index in [1.54, 1.807) is 19.2 Å². The van der Waals surface area contributed by atoms with E-state index < -0.39 is 0 Å². The highest BCUT2D eigenvalue weighted by Gasteiger charge is 2.19. The Bertz CT molecular complexity index is 1180. The van der Waals surface area contributed by atoms with Gasteiger partial charge in [-0.25, -0.2) is 4.98 Å². The smallest absolute Gasteiger partial charge is 0.257 e. The van der Waals surface area contributed by atoms with Gasteiger partial charge in [0, 0.05) is 42.3 Å². The molecule has 2 fully saturated rings. The Labute approximate surface area is 228 Å². The molecule has 5 rings (SSSR count). The van der Waals surface area contributed by atoms with Gasteiger partial charge in [0.2, 0.25) is 0 Å². The zero-order chi connectivity index (χ0) is 26.2. The van der Waals surface area contributed by atoms with Gasteiger partial charge in [-0.15, -0.1) is 11.3 Å². The Morgan fingerprint density at radius 3 is 2.61 bits per heavy atom. The van der Waals surface area contributed by atoms with Crippen molar-refractivity contribution < 1.29 is 19.0 Å². The Hall–Kier alpha value is -2.94. The number of benzene rings is 2. The lowest BCUT2D eigenvalue weighted by atomic mass is 9.83. The average Bonchev–Trinajstić information content (AvgIpc) is 3.44. The Balaban J connectivity index is 1.16. The van der Waals surface area contributed by atoms with Crippen molar-refractivity contribution in [1.82, 2.24) is 10.3 Å². The minimum Gasteiger partial charge on any atom is -0.496 e. The first-order valence-electron chi connectivity index (χ1n) is 13.7. The number of amides is 1. The minimum absolute atomic E-state index is 0.193. The lowest BCUT2D eigenvalue weighted by Crippen LogP contribution is -2.37. The summed E-state index contributed by atoms with van der Waals surface area (Å²) in [6.45, 7) is 3.02. The molecule has 1 aliphatic heterocycles. The van der Waals surface area contributed by atoms with Crippen molar-refractivity contribution in [1.29, 1.82) is 0 Å².